The largest absolute Gasteiger partial charge is 0.445 e. The number of hydrogen-bond acceptors (Lipinski definition) is 14. The first-order valence-electron chi connectivity index (χ1n) is 29.4. The zero-order chi connectivity index (χ0) is 60.3. The lowest BCUT2D eigenvalue weighted by Crippen LogP contribution is -2.71. The Labute approximate surface area is 484 Å². The smallest absolute Gasteiger partial charge is 0.407 e. The van der Waals surface area contributed by atoms with Crippen LogP contribution in [0, 0.1) is 40.4 Å². The minimum Gasteiger partial charge on any atom is -0.445 e. The third kappa shape index (κ3) is 14.4. The Morgan fingerprint density at radius 2 is 1.66 bits per heavy atom. The lowest BCUT2D eigenvalue weighted by atomic mass is 9.44. The van der Waals surface area contributed by atoms with Crippen LogP contribution < -0.4 is 43.4 Å². The van der Waals surface area contributed by atoms with Gasteiger partial charge in [-0.25, -0.2) is 18.4 Å². The van der Waals surface area contributed by atoms with E-state index in [1.54, 1.807) is 45.0 Å². The number of alkyl carbamates (subject to hydrolysis) is 1. The molecule has 3 unspecified atom stereocenters. The standard InChI is InChI=1S/C60H84F2N8O13/c1-6-15-50-82-48-30-40-41-29-43(61)42-28-38(71)24-25-57(42,4)59(41,62)46(72)31-58(40,5)60(48,83-50)47(73)32-67-56(79)81-33-36-20-22-37(23-21-36)68-53(76)45(19-14-27-66-55(64)78)69-54(77)51(35(2)3)70-52(75)44(63)18-12-13-26-65-49(74)34-80-39-16-10-8-7-9-11-17-39/h20-25,28,35,39-41,43-46,48,50-51,72H,6-10,12-16,18-19,26-27,29-34,63H2,1-5H3,(H,65,74)(H,67,79)(H,68,76)(H,69,77)(H,70,75)(H3,64,66,78)/t39?,40-,41-,43-,44+,45-,46-,48+,50?,51?,57-,58-,59-,60+/m0/s1. The SMILES string of the molecule is CCCC1O[C@@H]2C[C@H]3[C@@H]4C[C@H](F)C5=CC(=O)C=C[C@]5(C)[C@@]4(F)[C@@H](O)C[C@]3(C)[C@]2(C(=O)CNC(=O)OCc2ccc(NC(=O)[C@H](CCCNC(N)=O)NC(=O)C(NC(=O)[C@H](N)CCCCNC(=O)COC3C#CCCCCC3)C(C)C)cc2)O1. The van der Waals surface area contributed by atoms with E-state index in [2.05, 4.69) is 43.7 Å². The minimum atomic E-state index is -2.38. The molecule has 1 aliphatic heterocycles. The average molecular weight is 1160 g/mol. The highest BCUT2D eigenvalue weighted by molar-refractivity contribution is 6.01. The predicted octanol–water partition coefficient (Wildman–Crippen LogP) is 4.67. The summed E-state index contributed by atoms with van der Waals surface area (Å²) in [4.78, 5) is 105. The Bertz CT molecular complexity index is 2680. The molecule has 1 aromatic rings. The molecule has 0 bridgehead atoms. The number of ketones is 2. The van der Waals surface area contributed by atoms with Gasteiger partial charge in [0.2, 0.25) is 23.6 Å². The van der Waals surface area contributed by atoms with Gasteiger partial charge in [-0.2, -0.15) is 0 Å². The molecular weight excluding hydrogens is 1080 g/mol. The predicted molar refractivity (Wildman–Crippen MR) is 301 cm³/mol. The summed E-state index contributed by atoms with van der Waals surface area (Å²) in [6, 6.07) is 2.33. The normalized spacial score (nSPS) is 30.6. The van der Waals surface area contributed by atoms with Crippen LogP contribution in [-0.4, -0.2) is 139 Å². The molecule has 7 rings (SSSR count). The highest BCUT2D eigenvalue weighted by Gasteiger charge is 2.80. The Morgan fingerprint density at radius 1 is 0.916 bits per heavy atom. The maximum atomic E-state index is 17.9. The van der Waals surface area contributed by atoms with Crippen LogP contribution in [-0.2, 0) is 54.3 Å². The monoisotopic (exact) mass is 1160 g/mol. The zero-order valence-corrected chi connectivity index (χ0v) is 48.3. The summed E-state index contributed by atoms with van der Waals surface area (Å²) in [5.41, 5.74) is 5.27. The van der Waals surface area contributed by atoms with Gasteiger partial charge < -0.3 is 67.4 Å². The third-order valence-electron chi connectivity index (χ3n) is 17.7. The fourth-order valence-electron chi connectivity index (χ4n) is 13.3. The molecule has 5 aliphatic carbocycles. The number of fused-ring (bicyclic) bond motifs is 7. The van der Waals surface area contributed by atoms with Crippen LogP contribution >= 0.6 is 0 Å². The Balaban J connectivity index is 0.898. The highest BCUT2D eigenvalue weighted by atomic mass is 19.1. The molecule has 83 heavy (non-hydrogen) atoms. The number of carbonyl (C=O) groups excluding carboxylic acids is 8. The molecule has 6 aliphatic rings. The fourth-order valence-corrected chi connectivity index (χ4v) is 13.3. The maximum absolute atomic E-state index is 17.9. The summed E-state index contributed by atoms with van der Waals surface area (Å²) >= 11 is 0. The number of carbonyl (C=O) groups is 8. The van der Waals surface area contributed by atoms with Crippen molar-refractivity contribution in [2.45, 2.75) is 198 Å². The summed E-state index contributed by atoms with van der Waals surface area (Å²) in [7, 11) is 0. The number of aliphatic hydroxyl groups is 1. The van der Waals surface area contributed by atoms with Crippen molar-refractivity contribution in [1.82, 2.24) is 26.6 Å². The molecule has 1 aromatic carbocycles. The van der Waals surface area contributed by atoms with E-state index >= 15 is 8.78 Å². The van der Waals surface area contributed by atoms with Crippen molar-refractivity contribution in [2.24, 2.45) is 40.1 Å². The number of anilines is 1. The van der Waals surface area contributed by atoms with E-state index in [1.807, 2.05) is 6.92 Å². The maximum Gasteiger partial charge on any atom is 0.407 e. The first-order chi connectivity index (χ1) is 39.5. The number of hydrogen-bond donors (Lipinski definition) is 9. The van der Waals surface area contributed by atoms with Crippen molar-refractivity contribution in [2.75, 3.05) is 31.6 Å². The lowest BCUT2D eigenvalue weighted by Gasteiger charge is -2.63. The number of allylic oxidation sites excluding steroid dienone is 4. The molecule has 14 atom stereocenters. The number of halogens is 2. The average Bonchev–Trinajstić information content (AvgIpc) is 1.63. The van der Waals surface area contributed by atoms with Crippen LogP contribution in [0.3, 0.4) is 0 Å². The molecule has 0 spiro atoms. The molecule has 456 valence electrons. The molecule has 4 fully saturated rings. The minimum absolute atomic E-state index is 0.0155. The van der Waals surface area contributed by atoms with Gasteiger partial charge >= 0.3 is 12.1 Å². The number of alkyl halides is 2. The Hall–Kier alpha value is -6.32. The van der Waals surface area contributed by atoms with E-state index in [4.69, 9.17) is 30.4 Å². The molecule has 0 aromatic heterocycles. The van der Waals surface area contributed by atoms with Crippen LogP contribution in [0.15, 0.2) is 48.1 Å². The summed E-state index contributed by atoms with van der Waals surface area (Å²) in [6.07, 6.45) is 4.53. The number of aliphatic hydroxyl groups excluding tert-OH is 1. The highest BCUT2D eigenvalue weighted by Crippen LogP contribution is 2.72. The number of benzene rings is 1. The van der Waals surface area contributed by atoms with Crippen molar-refractivity contribution >= 4 is 53.0 Å². The first-order valence-corrected chi connectivity index (χ1v) is 29.4. The number of nitrogens with two attached hydrogens (primary N) is 2. The Kier molecular flexibility index (Phi) is 21.7. The number of rotatable bonds is 26. The Morgan fingerprint density at radius 3 is 2.39 bits per heavy atom. The van der Waals surface area contributed by atoms with Gasteiger partial charge in [-0.1, -0.05) is 64.7 Å². The van der Waals surface area contributed by atoms with Crippen LogP contribution in [0.5, 0.6) is 0 Å². The van der Waals surface area contributed by atoms with Crippen LogP contribution in [0.1, 0.15) is 136 Å². The third-order valence-corrected chi connectivity index (χ3v) is 17.7. The second-order valence-electron chi connectivity index (χ2n) is 23.7. The van der Waals surface area contributed by atoms with E-state index in [9.17, 15) is 43.5 Å². The summed E-state index contributed by atoms with van der Waals surface area (Å²) < 4.78 is 58.1. The number of ether oxygens (including phenoxy) is 4. The molecule has 0 radical (unpaired) electrons. The summed E-state index contributed by atoms with van der Waals surface area (Å²) in [5.74, 6) is 0.868. The number of Topliss-reactive ketones (excluding diaryl/α,β-unsaturated/α-hetero) is 1. The zero-order valence-electron chi connectivity index (χ0n) is 48.3. The molecular formula is C60H84F2N8O13. The number of unbranched alkanes of at least 4 members (excludes halogenated alkanes) is 1. The molecule has 21 nitrogen and oxygen atoms in total. The van der Waals surface area contributed by atoms with Crippen LogP contribution in [0.25, 0.3) is 0 Å². The van der Waals surface area contributed by atoms with Crippen molar-refractivity contribution in [3.8, 4) is 11.8 Å². The van der Waals surface area contributed by atoms with Gasteiger partial charge in [0.1, 0.15) is 37.6 Å². The second kappa shape index (κ2) is 28.0. The van der Waals surface area contributed by atoms with E-state index in [0.29, 0.717) is 43.5 Å². The van der Waals surface area contributed by atoms with Crippen LogP contribution in [0.4, 0.5) is 24.1 Å². The molecule has 1 saturated heterocycles. The van der Waals surface area contributed by atoms with Crippen LogP contribution in [0.2, 0.25) is 0 Å². The van der Waals surface area contributed by atoms with Gasteiger partial charge in [-0.3, -0.25) is 28.8 Å². The molecule has 7 amide bonds. The van der Waals surface area contributed by atoms with Crippen molar-refractivity contribution < 1.29 is 71.2 Å². The van der Waals surface area contributed by atoms with Crippen molar-refractivity contribution in [1.29, 1.82) is 0 Å². The number of urea groups is 1. The molecule has 3 saturated carbocycles. The summed E-state index contributed by atoms with van der Waals surface area (Å²) in [5, 5.41) is 27.9. The van der Waals surface area contributed by atoms with E-state index < -0.39 is 131 Å². The summed E-state index contributed by atoms with van der Waals surface area (Å²) in [6.45, 7) is 8.17. The van der Waals surface area contributed by atoms with Crippen molar-refractivity contribution in [3.63, 3.8) is 0 Å². The van der Waals surface area contributed by atoms with Gasteiger partial charge in [0, 0.05) is 41.9 Å². The van der Waals surface area contributed by atoms with Crippen molar-refractivity contribution in [3.05, 3.63) is 53.6 Å². The van der Waals surface area contributed by atoms with Gasteiger partial charge in [0.15, 0.2) is 29.1 Å². The van der Waals surface area contributed by atoms with E-state index in [1.165, 1.54) is 19.1 Å². The van der Waals surface area contributed by atoms with Gasteiger partial charge in [-0.15, -0.1) is 5.92 Å². The number of amides is 7. The first kappa shape index (κ1) is 64.2. The second-order valence-corrected chi connectivity index (χ2v) is 23.7. The van der Waals surface area contributed by atoms with E-state index in [-0.39, 0.29) is 75.9 Å². The van der Waals surface area contributed by atoms with Gasteiger partial charge in [0.25, 0.3) is 0 Å². The number of nitrogens with one attached hydrogen (secondary N) is 6. The number of primary amides is 1. The van der Waals surface area contributed by atoms with E-state index in [0.717, 1.165) is 38.2 Å². The quantitative estimate of drug-likeness (QED) is 0.0450. The molecule has 23 heteroatoms. The topological polar surface area (TPSA) is 318 Å². The molecule has 11 N–H and O–H groups in total. The fraction of sp³-hybridized carbons (Fsp3) is 0.667. The molecule has 1 heterocycles. The van der Waals surface area contributed by atoms with Gasteiger partial charge in [-0.05, 0) is 131 Å². The lowest BCUT2D eigenvalue weighted by molar-refractivity contribution is -0.233. The van der Waals surface area contributed by atoms with Gasteiger partial charge in [0.05, 0.1) is 24.8 Å².